The topological polar surface area (TPSA) is 108 Å². The summed E-state index contributed by atoms with van der Waals surface area (Å²) in [6.45, 7) is 2.91. The Balaban J connectivity index is 2.02. The fourth-order valence-corrected chi connectivity index (χ4v) is 2.75. The van der Waals surface area contributed by atoms with Gasteiger partial charge < -0.3 is 16.5 Å². The van der Waals surface area contributed by atoms with E-state index in [0.717, 1.165) is 23.2 Å². The van der Waals surface area contributed by atoms with E-state index in [0.29, 0.717) is 30.0 Å². The average molecular weight is 310 g/mol. The van der Waals surface area contributed by atoms with Gasteiger partial charge in [0, 0.05) is 35.1 Å². The van der Waals surface area contributed by atoms with Gasteiger partial charge in [0.25, 0.3) is 5.91 Å². The van der Waals surface area contributed by atoms with Crippen molar-refractivity contribution < 1.29 is 4.79 Å². The number of nitrogens with two attached hydrogens (primary N) is 1. The molecule has 0 unspecified atom stereocenters. The molecule has 7 nitrogen and oxygen atoms in total. The molecule has 3 rings (SSSR count). The van der Waals surface area contributed by atoms with Gasteiger partial charge in [0.05, 0.1) is 12.2 Å². The Morgan fingerprint density at radius 1 is 1.43 bits per heavy atom. The van der Waals surface area contributed by atoms with Crippen LogP contribution in [0.2, 0.25) is 0 Å². The van der Waals surface area contributed by atoms with E-state index in [4.69, 9.17) is 11.1 Å². The van der Waals surface area contributed by atoms with Crippen LogP contribution in [0.15, 0.2) is 18.2 Å². The second kappa shape index (κ2) is 5.77. The molecule has 0 radical (unpaired) electrons. The van der Waals surface area contributed by atoms with Crippen LogP contribution in [0.5, 0.6) is 0 Å². The van der Waals surface area contributed by atoms with Gasteiger partial charge in [-0.2, -0.15) is 0 Å². The molecule has 0 saturated carbocycles. The number of carbonyl (C=O) groups excluding carboxylic acids is 1. The summed E-state index contributed by atoms with van der Waals surface area (Å²) in [4.78, 5) is 23.1. The number of carbonyl (C=O) groups is 1. The molecule has 0 saturated heterocycles. The van der Waals surface area contributed by atoms with Crippen molar-refractivity contribution in [2.45, 2.75) is 20.0 Å². The van der Waals surface area contributed by atoms with Crippen LogP contribution in [0, 0.1) is 12.3 Å². The SMILES string of the molecule is CNCc1nc(C)cc2c1CN(c1ccc(C=N)c(N)n1)C2=O. The van der Waals surface area contributed by atoms with E-state index in [1.807, 2.05) is 20.0 Å². The third kappa shape index (κ3) is 2.55. The molecule has 3 heterocycles. The summed E-state index contributed by atoms with van der Waals surface area (Å²) >= 11 is 0. The molecular formula is C16H18N6O. The number of fused-ring (bicyclic) bond motifs is 1. The number of nitrogen functional groups attached to an aromatic ring is 1. The molecule has 23 heavy (non-hydrogen) atoms. The molecule has 118 valence electrons. The van der Waals surface area contributed by atoms with Gasteiger partial charge in [-0.05, 0) is 32.2 Å². The maximum atomic E-state index is 12.7. The van der Waals surface area contributed by atoms with Gasteiger partial charge in [-0.15, -0.1) is 0 Å². The predicted octanol–water partition coefficient (Wildman–Crippen LogP) is 1.24. The summed E-state index contributed by atoms with van der Waals surface area (Å²) in [5.74, 6) is 0.630. The average Bonchev–Trinajstić information content (AvgIpc) is 2.85. The zero-order chi connectivity index (χ0) is 16.6. The van der Waals surface area contributed by atoms with Crippen LogP contribution in [0.25, 0.3) is 0 Å². The number of pyridine rings is 2. The zero-order valence-corrected chi connectivity index (χ0v) is 13.1. The van der Waals surface area contributed by atoms with Crippen molar-refractivity contribution in [2.24, 2.45) is 0 Å². The predicted molar refractivity (Wildman–Crippen MR) is 88.8 cm³/mol. The molecule has 2 aromatic rings. The number of hydrogen-bond donors (Lipinski definition) is 3. The van der Waals surface area contributed by atoms with Crippen LogP contribution < -0.4 is 16.0 Å². The van der Waals surface area contributed by atoms with Crippen LogP contribution in [-0.2, 0) is 13.1 Å². The van der Waals surface area contributed by atoms with E-state index in [1.165, 1.54) is 0 Å². The zero-order valence-electron chi connectivity index (χ0n) is 13.1. The largest absolute Gasteiger partial charge is 0.383 e. The van der Waals surface area contributed by atoms with Gasteiger partial charge >= 0.3 is 0 Å². The normalized spacial score (nSPS) is 13.3. The van der Waals surface area contributed by atoms with Crippen LogP contribution in [-0.4, -0.2) is 29.1 Å². The highest BCUT2D eigenvalue weighted by atomic mass is 16.2. The van der Waals surface area contributed by atoms with Crippen molar-refractivity contribution >= 4 is 23.8 Å². The summed E-state index contributed by atoms with van der Waals surface area (Å²) in [6.07, 6.45) is 1.14. The van der Waals surface area contributed by atoms with Gasteiger partial charge in [-0.1, -0.05) is 0 Å². The van der Waals surface area contributed by atoms with Crippen molar-refractivity contribution in [3.63, 3.8) is 0 Å². The summed E-state index contributed by atoms with van der Waals surface area (Å²) in [6, 6.07) is 5.21. The molecule has 0 bridgehead atoms. The van der Waals surface area contributed by atoms with E-state index in [1.54, 1.807) is 17.0 Å². The van der Waals surface area contributed by atoms with Crippen LogP contribution in [0.3, 0.4) is 0 Å². The molecule has 2 aromatic heterocycles. The van der Waals surface area contributed by atoms with E-state index < -0.39 is 0 Å². The Labute approximate surface area is 134 Å². The Hall–Kier alpha value is -2.80. The Kier molecular flexibility index (Phi) is 3.79. The maximum Gasteiger partial charge on any atom is 0.260 e. The number of amides is 1. The van der Waals surface area contributed by atoms with Crippen molar-refractivity contribution in [1.82, 2.24) is 15.3 Å². The first-order chi connectivity index (χ1) is 11.0. The molecule has 4 N–H and O–H groups in total. The first-order valence-corrected chi connectivity index (χ1v) is 7.28. The number of rotatable bonds is 4. The minimum absolute atomic E-state index is 0.0997. The Bertz CT molecular complexity index is 801. The van der Waals surface area contributed by atoms with E-state index in [2.05, 4.69) is 15.3 Å². The number of aryl methyl sites for hydroxylation is 1. The van der Waals surface area contributed by atoms with Gasteiger partial charge in [0.15, 0.2) is 0 Å². The molecule has 1 aliphatic rings. The highest BCUT2D eigenvalue weighted by molar-refractivity contribution is 6.10. The summed E-state index contributed by atoms with van der Waals surface area (Å²) in [7, 11) is 1.85. The molecule has 0 spiro atoms. The van der Waals surface area contributed by atoms with Gasteiger partial charge in [0.2, 0.25) is 0 Å². The lowest BCUT2D eigenvalue weighted by atomic mass is 10.1. The van der Waals surface area contributed by atoms with Crippen LogP contribution in [0.4, 0.5) is 11.6 Å². The van der Waals surface area contributed by atoms with E-state index in [-0.39, 0.29) is 11.7 Å². The second-order valence-corrected chi connectivity index (χ2v) is 5.45. The Morgan fingerprint density at radius 3 is 2.87 bits per heavy atom. The molecule has 0 atom stereocenters. The van der Waals surface area contributed by atoms with Crippen molar-refractivity contribution in [1.29, 1.82) is 5.41 Å². The first-order valence-electron chi connectivity index (χ1n) is 7.28. The molecule has 0 aromatic carbocycles. The highest BCUT2D eigenvalue weighted by Gasteiger charge is 2.32. The molecule has 0 fully saturated rings. The van der Waals surface area contributed by atoms with Crippen molar-refractivity contribution in [3.8, 4) is 0 Å². The minimum atomic E-state index is -0.0997. The van der Waals surface area contributed by atoms with E-state index in [9.17, 15) is 4.79 Å². The van der Waals surface area contributed by atoms with Gasteiger partial charge in [-0.25, -0.2) is 4.98 Å². The number of aromatic nitrogens is 2. The van der Waals surface area contributed by atoms with Crippen LogP contribution >= 0.6 is 0 Å². The molecule has 0 aliphatic carbocycles. The third-order valence-electron chi connectivity index (χ3n) is 3.85. The van der Waals surface area contributed by atoms with Crippen LogP contribution in [0.1, 0.15) is 32.9 Å². The van der Waals surface area contributed by atoms with Gasteiger partial charge in [-0.3, -0.25) is 14.7 Å². The molecule has 1 amide bonds. The second-order valence-electron chi connectivity index (χ2n) is 5.45. The molecule has 7 heteroatoms. The Morgan fingerprint density at radius 2 is 2.22 bits per heavy atom. The number of anilines is 2. The summed E-state index contributed by atoms with van der Waals surface area (Å²) < 4.78 is 0. The lowest BCUT2D eigenvalue weighted by molar-refractivity contribution is 0.0996. The fourth-order valence-electron chi connectivity index (χ4n) is 2.75. The highest BCUT2D eigenvalue weighted by Crippen LogP contribution is 2.30. The van der Waals surface area contributed by atoms with Gasteiger partial charge in [0.1, 0.15) is 11.6 Å². The standard InChI is InChI=1S/C16H18N6O/c1-9-5-11-12(13(20-9)7-19-2)8-22(16(11)23)14-4-3-10(6-17)15(18)21-14/h3-6,17,19H,7-8H2,1-2H3,(H2,18,21). The minimum Gasteiger partial charge on any atom is -0.383 e. The number of nitrogens with zero attached hydrogens (tertiary/aromatic N) is 3. The summed E-state index contributed by atoms with van der Waals surface area (Å²) in [5.41, 5.74) is 9.64. The quantitative estimate of drug-likeness (QED) is 0.736. The lowest BCUT2D eigenvalue weighted by Gasteiger charge is -2.15. The maximum absolute atomic E-state index is 12.7. The smallest absolute Gasteiger partial charge is 0.260 e. The third-order valence-corrected chi connectivity index (χ3v) is 3.85. The molecule has 1 aliphatic heterocycles. The van der Waals surface area contributed by atoms with Crippen molar-refractivity contribution in [3.05, 3.63) is 46.3 Å². The monoisotopic (exact) mass is 310 g/mol. The lowest BCUT2D eigenvalue weighted by Crippen LogP contribution is -2.24. The number of nitrogens with one attached hydrogen (secondary N) is 2. The van der Waals surface area contributed by atoms with Crippen molar-refractivity contribution in [2.75, 3.05) is 17.7 Å². The first kappa shape index (κ1) is 15.1. The number of hydrogen-bond acceptors (Lipinski definition) is 6. The fraction of sp³-hybridized carbons (Fsp3) is 0.250. The molecular weight excluding hydrogens is 292 g/mol. The van der Waals surface area contributed by atoms with E-state index >= 15 is 0 Å². The summed E-state index contributed by atoms with van der Waals surface area (Å²) in [5, 5.41) is 10.3.